The molecular formula is C31H38F2IN7O2. The van der Waals surface area contributed by atoms with Crippen molar-refractivity contribution in [2.45, 2.75) is 17.4 Å². The van der Waals surface area contributed by atoms with Crippen LogP contribution in [0.4, 0.5) is 26.2 Å². The highest BCUT2D eigenvalue weighted by atomic mass is 127. The van der Waals surface area contributed by atoms with E-state index in [0.717, 1.165) is 61.9 Å². The lowest BCUT2D eigenvalue weighted by molar-refractivity contribution is 0.102. The van der Waals surface area contributed by atoms with E-state index in [1.807, 2.05) is 50.2 Å². The van der Waals surface area contributed by atoms with Crippen LogP contribution in [0.2, 0.25) is 0 Å². The highest BCUT2D eigenvalue weighted by Gasteiger charge is 2.30. The lowest BCUT2D eigenvalue weighted by Gasteiger charge is -2.31. The molecule has 0 saturated carbocycles. The molecule has 1 aromatic heterocycles. The number of anilines is 3. The van der Waals surface area contributed by atoms with Crippen molar-refractivity contribution in [3.05, 3.63) is 64.7 Å². The quantitative estimate of drug-likeness (QED) is 0.250. The maximum atomic E-state index is 14.7. The fraction of sp³-hybridized carbons (Fsp3) is 0.419. The van der Waals surface area contributed by atoms with E-state index in [-0.39, 0.29) is 11.1 Å². The lowest BCUT2D eigenvalue weighted by atomic mass is 10.0. The van der Waals surface area contributed by atoms with Gasteiger partial charge in [0.05, 0.1) is 18.9 Å². The fourth-order valence-electron chi connectivity index (χ4n) is 5.22. The Morgan fingerprint density at radius 3 is 2.51 bits per heavy atom. The molecule has 2 aliphatic heterocycles. The average Bonchev–Trinajstić information content (AvgIpc) is 3.02. The van der Waals surface area contributed by atoms with Crippen LogP contribution in [0.5, 0.6) is 0 Å². The van der Waals surface area contributed by atoms with E-state index in [1.165, 1.54) is 12.1 Å². The molecular weight excluding hydrogens is 667 g/mol. The van der Waals surface area contributed by atoms with E-state index < -0.39 is 30.6 Å². The van der Waals surface area contributed by atoms with Gasteiger partial charge in [-0.15, -0.1) is 0 Å². The summed E-state index contributed by atoms with van der Waals surface area (Å²) < 4.78 is 35.4. The Hall–Kier alpha value is -3.07. The summed E-state index contributed by atoms with van der Waals surface area (Å²) in [6, 6.07) is 12.1. The van der Waals surface area contributed by atoms with Crippen LogP contribution in [0, 0.1) is 6.92 Å². The number of hydrogen-bond donors (Lipinski definition) is 2. The van der Waals surface area contributed by atoms with Crippen LogP contribution in [0.3, 0.4) is 0 Å². The normalized spacial score (nSPS) is 16.0. The van der Waals surface area contributed by atoms with Crippen LogP contribution >= 0.6 is 20.7 Å². The van der Waals surface area contributed by atoms with Gasteiger partial charge in [0.1, 0.15) is 5.82 Å². The second kappa shape index (κ2) is 13.7. The van der Waals surface area contributed by atoms with Gasteiger partial charge in [-0.2, -0.15) is 13.8 Å². The zero-order valence-corrected chi connectivity index (χ0v) is 27.0. The van der Waals surface area contributed by atoms with Gasteiger partial charge in [0.15, 0.2) is 0 Å². The van der Waals surface area contributed by atoms with Gasteiger partial charge in [-0.1, -0.05) is 10.6 Å². The minimum Gasteiger partial charge on any atom is -0.378 e. The van der Waals surface area contributed by atoms with Crippen molar-refractivity contribution in [1.82, 2.24) is 20.2 Å². The standard InChI is InChI=1S/C31H38F2IN7O2/c1-21-5-6-25(36-29(42)23-15-22(20-39(3)4)16-24(17-23)31(32,33)34-2)18-26(21)27-19-28(40-11-13-43-14-12-40)38-30(37-27)41-9-7-35-8-10-41/h5-6,15-19,35H,2,7-14,20H2,1,3-4H3,(H,36,42). The van der Waals surface area contributed by atoms with Crippen LogP contribution in [-0.4, -0.2) is 91.9 Å². The number of benzene rings is 2. The number of nitrogens with zero attached hydrogens (tertiary/aromatic N) is 5. The van der Waals surface area contributed by atoms with E-state index in [4.69, 9.17) is 14.7 Å². The third-order valence-electron chi connectivity index (χ3n) is 7.46. The molecule has 0 atom stereocenters. The largest absolute Gasteiger partial charge is 0.378 e. The fourth-order valence-corrected chi connectivity index (χ4v) is 5.97. The summed E-state index contributed by atoms with van der Waals surface area (Å²) in [5.74, 6) is 1.07. The predicted molar refractivity (Wildman–Crippen MR) is 177 cm³/mol. The van der Waals surface area contributed by atoms with E-state index in [0.29, 0.717) is 37.0 Å². The first kappa shape index (κ1) is 31.4. The number of ether oxygens (including phenoxy) is 1. The van der Waals surface area contributed by atoms with Crippen LogP contribution in [0.25, 0.3) is 11.3 Å². The number of aryl methyl sites for hydroxylation is 1. The van der Waals surface area contributed by atoms with Crippen molar-refractivity contribution in [3.8, 4) is 11.3 Å². The van der Waals surface area contributed by atoms with Gasteiger partial charge < -0.3 is 30.1 Å². The van der Waals surface area contributed by atoms with Gasteiger partial charge in [0, 0.05) is 74.3 Å². The maximum absolute atomic E-state index is 14.7. The molecule has 2 aromatic carbocycles. The zero-order valence-electron chi connectivity index (χ0n) is 24.8. The first-order valence-electron chi connectivity index (χ1n) is 14.3. The summed E-state index contributed by atoms with van der Waals surface area (Å²) in [4.78, 5) is 29.6. The number of carbonyl (C=O) groups is 1. The number of aromatic nitrogens is 2. The minimum absolute atomic E-state index is 0.165. The van der Waals surface area contributed by atoms with Crippen molar-refractivity contribution >= 4 is 48.6 Å². The summed E-state index contributed by atoms with van der Waals surface area (Å²) >= 11 is -1.64. The molecule has 1 amide bonds. The number of alkyl halides is 3. The van der Waals surface area contributed by atoms with E-state index in [9.17, 15) is 13.6 Å². The molecule has 0 radical (unpaired) electrons. The van der Waals surface area contributed by atoms with Gasteiger partial charge in [0.2, 0.25) is 5.95 Å². The van der Waals surface area contributed by atoms with Crippen LogP contribution in [-0.2, 0) is 15.2 Å². The van der Waals surface area contributed by atoms with E-state index in [1.54, 1.807) is 6.07 Å². The topological polar surface area (TPSA) is 85.9 Å². The maximum Gasteiger partial charge on any atom is 0.316 e. The zero-order chi connectivity index (χ0) is 30.6. The second-order valence-electron chi connectivity index (χ2n) is 11.0. The Kier molecular flexibility index (Phi) is 9.99. The summed E-state index contributed by atoms with van der Waals surface area (Å²) in [5.41, 5.74) is 3.83. The van der Waals surface area contributed by atoms with Gasteiger partial charge in [-0.05, 0) is 83.2 Å². The van der Waals surface area contributed by atoms with E-state index >= 15 is 0 Å². The molecule has 3 aromatic rings. The number of piperazine rings is 1. The molecule has 5 rings (SSSR count). The van der Waals surface area contributed by atoms with Crippen molar-refractivity contribution in [1.29, 1.82) is 0 Å². The van der Waals surface area contributed by atoms with Gasteiger partial charge in [0.25, 0.3) is 5.91 Å². The number of carbonyl (C=O) groups excluding carboxylic acids is 1. The highest BCUT2D eigenvalue weighted by Crippen LogP contribution is 2.39. The van der Waals surface area contributed by atoms with Crippen molar-refractivity contribution < 1.29 is 18.3 Å². The number of halogens is 3. The molecule has 2 N–H and O–H groups in total. The molecule has 3 heterocycles. The molecule has 0 unspecified atom stereocenters. The Bertz CT molecular complexity index is 1440. The number of hydrogen-bond acceptors (Lipinski definition) is 8. The van der Waals surface area contributed by atoms with Crippen molar-refractivity contribution in [2.24, 2.45) is 0 Å². The highest BCUT2D eigenvalue weighted by molar-refractivity contribution is 14.2. The number of morpholine rings is 1. The average molecular weight is 706 g/mol. The molecule has 9 nitrogen and oxygen atoms in total. The Labute approximate surface area is 261 Å². The molecule has 0 spiro atoms. The third kappa shape index (κ3) is 7.72. The molecule has 2 saturated heterocycles. The Morgan fingerprint density at radius 2 is 1.81 bits per heavy atom. The van der Waals surface area contributed by atoms with Crippen molar-refractivity contribution in [2.75, 3.05) is 81.7 Å². The molecule has 230 valence electrons. The van der Waals surface area contributed by atoms with Crippen LogP contribution < -0.4 is 20.4 Å². The summed E-state index contributed by atoms with van der Waals surface area (Å²) in [6.45, 7) is 8.56. The molecule has 2 aliphatic rings. The first-order chi connectivity index (χ1) is 20.6. The molecule has 2 fully saturated rings. The first-order valence-corrected chi connectivity index (χ1v) is 16.9. The van der Waals surface area contributed by atoms with Crippen molar-refractivity contribution in [3.63, 3.8) is 0 Å². The lowest BCUT2D eigenvalue weighted by Crippen LogP contribution is -2.44. The van der Waals surface area contributed by atoms with Gasteiger partial charge in [-0.3, -0.25) is 4.79 Å². The second-order valence-corrected chi connectivity index (χ2v) is 13.1. The third-order valence-corrected chi connectivity index (χ3v) is 9.04. The Balaban J connectivity index is 1.48. The van der Waals surface area contributed by atoms with E-state index in [2.05, 4.69) is 24.9 Å². The number of amides is 1. The van der Waals surface area contributed by atoms with Gasteiger partial charge >= 0.3 is 3.93 Å². The Morgan fingerprint density at radius 1 is 1.07 bits per heavy atom. The summed E-state index contributed by atoms with van der Waals surface area (Å²) in [5, 5.41) is 6.31. The minimum atomic E-state index is -3.03. The molecule has 12 heteroatoms. The van der Waals surface area contributed by atoms with Crippen LogP contribution in [0.1, 0.15) is 27.0 Å². The SMILES string of the molecule is C=IC(F)(F)c1cc(CN(C)C)cc(C(=O)Nc2ccc(C)c(-c3cc(N4CCOCC4)nc(N4CCNCC4)n3)c2)c1. The smallest absolute Gasteiger partial charge is 0.316 e. The summed E-state index contributed by atoms with van der Waals surface area (Å²) in [7, 11) is 3.72. The molecule has 0 aliphatic carbocycles. The number of rotatable bonds is 9. The monoisotopic (exact) mass is 705 g/mol. The molecule has 0 bridgehead atoms. The van der Waals surface area contributed by atoms with Crippen LogP contribution in [0.15, 0.2) is 42.5 Å². The predicted octanol–water partition coefficient (Wildman–Crippen LogP) is 4.46. The summed E-state index contributed by atoms with van der Waals surface area (Å²) in [6.07, 6.45) is 0. The molecule has 43 heavy (non-hydrogen) atoms. The van der Waals surface area contributed by atoms with Gasteiger partial charge in [-0.25, -0.2) is 4.98 Å². The number of nitrogens with one attached hydrogen (secondary N) is 2.